The number of amides is 4. The highest BCUT2D eigenvalue weighted by Crippen LogP contribution is 2.01. The highest BCUT2D eigenvalue weighted by molar-refractivity contribution is 8.26. The number of piperazine rings is 1. The van der Waals surface area contributed by atoms with E-state index in [1.165, 1.54) is 11.9 Å². The first-order valence-corrected chi connectivity index (χ1v) is 6.10. The lowest BCUT2D eigenvalue weighted by Crippen LogP contribution is -2.53. The van der Waals surface area contributed by atoms with Gasteiger partial charge in [0.25, 0.3) is 10.5 Å². The van der Waals surface area contributed by atoms with Gasteiger partial charge in [0.1, 0.15) is 0 Å². The Kier molecular flexibility index (Phi) is 5.43. The molecule has 1 saturated heterocycles. The maximum absolute atomic E-state index is 11.4. The van der Waals surface area contributed by atoms with Crippen molar-refractivity contribution in [3.05, 3.63) is 0 Å². The molecule has 0 unspecified atom stereocenters. The fraction of sp³-hybridized carbons (Fsp3) is 0.556. The van der Waals surface area contributed by atoms with Crippen molar-refractivity contribution in [3.63, 3.8) is 0 Å². The van der Waals surface area contributed by atoms with Gasteiger partial charge in [0, 0.05) is 45.0 Å². The summed E-state index contributed by atoms with van der Waals surface area (Å²) in [5.41, 5.74) is 0. The quantitative estimate of drug-likeness (QED) is 0.556. The lowest BCUT2D eigenvalue weighted by atomic mass is 10.3. The van der Waals surface area contributed by atoms with Crippen molar-refractivity contribution < 1.29 is 19.2 Å². The molecule has 4 amide bonds. The maximum atomic E-state index is 11.4. The van der Waals surface area contributed by atoms with Gasteiger partial charge in [0.2, 0.25) is 0 Å². The van der Waals surface area contributed by atoms with Crippen LogP contribution in [0.25, 0.3) is 0 Å². The Morgan fingerprint density at radius 1 is 1.39 bits per heavy atom. The van der Waals surface area contributed by atoms with Gasteiger partial charge in [-0.15, -0.1) is 0 Å². The molecule has 1 heterocycles. The number of hydrogen-bond acceptors (Lipinski definition) is 5. The van der Waals surface area contributed by atoms with Crippen LogP contribution in [0.2, 0.25) is 0 Å². The van der Waals surface area contributed by atoms with Crippen LogP contribution in [0.1, 0.15) is 0 Å². The Morgan fingerprint density at radius 2 is 2.11 bits per heavy atom. The molecule has 1 fully saturated rings. The second kappa shape index (κ2) is 6.84. The predicted molar refractivity (Wildman–Crippen MR) is 65.0 cm³/mol. The minimum absolute atomic E-state index is 0.196. The zero-order chi connectivity index (χ0) is 13.5. The molecule has 1 rings (SSSR count). The van der Waals surface area contributed by atoms with Crippen LogP contribution in [0.15, 0.2) is 0 Å². The third-order valence-electron chi connectivity index (χ3n) is 2.19. The molecule has 0 atom stereocenters. The lowest BCUT2D eigenvalue weighted by molar-refractivity contribution is -0.148. The Balaban J connectivity index is 2.25. The highest BCUT2D eigenvalue weighted by Gasteiger charge is 2.25. The monoisotopic (exact) mass is 274 g/mol. The van der Waals surface area contributed by atoms with Crippen molar-refractivity contribution in [1.82, 2.24) is 20.9 Å². The second-order valence-corrected chi connectivity index (χ2v) is 4.35. The fourth-order valence-corrected chi connectivity index (χ4v) is 1.75. The molecule has 0 radical (unpaired) electrons. The molecule has 0 aromatic heterocycles. The number of rotatable bonds is 3. The lowest BCUT2D eigenvalue weighted by Gasteiger charge is -2.26. The van der Waals surface area contributed by atoms with E-state index in [2.05, 4.69) is 16.0 Å². The molecular weight excluding hydrogens is 260 g/mol. The fourth-order valence-electron chi connectivity index (χ4n) is 1.30. The molecule has 1 aliphatic rings. The minimum atomic E-state index is -0.632. The zero-order valence-electron chi connectivity index (χ0n) is 9.82. The van der Waals surface area contributed by atoms with E-state index >= 15 is 0 Å². The van der Waals surface area contributed by atoms with Crippen molar-refractivity contribution in [2.45, 2.75) is 0 Å². The van der Waals surface area contributed by atoms with E-state index in [-0.39, 0.29) is 13.1 Å². The van der Waals surface area contributed by atoms with Crippen molar-refractivity contribution in [3.8, 4) is 0 Å². The Bertz CT molecular complexity index is 374. The first-order chi connectivity index (χ1) is 8.54. The van der Waals surface area contributed by atoms with Crippen molar-refractivity contribution in [2.24, 2.45) is 0 Å². The standard InChI is InChI=1S/C9H14N4O4S/c1-10-8(16)18-9(17)12-3-5-13-4-2-11-6(14)7(13)15/h2-5H2,1H3,(H,10,16)(H,11,14)(H,12,17). The number of carbonyl (C=O) groups excluding carboxylic acids is 4. The molecule has 0 aliphatic carbocycles. The Labute approximate surface area is 108 Å². The summed E-state index contributed by atoms with van der Waals surface area (Å²) in [5.74, 6) is -1.23. The summed E-state index contributed by atoms with van der Waals surface area (Å²) in [6, 6.07) is 0. The van der Waals surface area contributed by atoms with Gasteiger partial charge in [-0.3, -0.25) is 19.2 Å². The van der Waals surface area contributed by atoms with Gasteiger partial charge in [-0.25, -0.2) is 0 Å². The van der Waals surface area contributed by atoms with Gasteiger partial charge in [-0.05, 0) is 0 Å². The van der Waals surface area contributed by atoms with E-state index in [0.717, 1.165) is 0 Å². The molecular formula is C9H14N4O4S. The molecule has 3 N–H and O–H groups in total. The minimum Gasteiger partial charge on any atom is -0.350 e. The van der Waals surface area contributed by atoms with Crippen molar-refractivity contribution in [2.75, 3.05) is 33.2 Å². The zero-order valence-corrected chi connectivity index (χ0v) is 10.6. The molecule has 1 aliphatic heterocycles. The van der Waals surface area contributed by atoms with Crippen LogP contribution in [-0.4, -0.2) is 60.4 Å². The Morgan fingerprint density at radius 3 is 2.78 bits per heavy atom. The molecule has 100 valence electrons. The Hall–Kier alpha value is -1.77. The van der Waals surface area contributed by atoms with Crippen molar-refractivity contribution >= 4 is 34.1 Å². The summed E-state index contributed by atoms with van der Waals surface area (Å²) in [7, 11) is 1.42. The van der Waals surface area contributed by atoms with Crippen LogP contribution >= 0.6 is 11.8 Å². The van der Waals surface area contributed by atoms with E-state index in [1.807, 2.05) is 0 Å². The molecule has 0 saturated carbocycles. The van der Waals surface area contributed by atoms with Crippen molar-refractivity contribution in [1.29, 1.82) is 0 Å². The maximum Gasteiger partial charge on any atom is 0.312 e. The van der Waals surface area contributed by atoms with Crippen LogP contribution in [0.5, 0.6) is 0 Å². The largest absolute Gasteiger partial charge is 0.350 e. The SMILES string of the molecule is CNC(=O)SC(=O)NCCN1CCNC(=O)C1=O. The molecule has 8 nitrogen and oxygen atoms in total. The summed E-state index contributed by atoms with van der Waals surface area (Å²) in [6.45, 7) is 1.27. The summed E-state index contributed by atoms with van der Waals surface area (Å²) in [6.07, 6.45) is 0. The van der Waals surface area contributed by atoms with E-state index in [1.54, 1.807) is 0 Å². The summed E-state index contributed by atoms with van der Waals surface area (Å²) in [4.78, 5) is 45.8. The van der Waals surface area contributed by atoms with Crippen LogP contribution in [0.4, 0.5) is 9.59 Å². The van der Waals surface area contributed by atoms with Crippen LogP contribution < -0.4 is 16.0 Å². The molecule has 0 aromatic carbocycles. The van der Waals surface area contributed by atoms with Gasteiger partial charge in [-0.1, -0.05) is 0 Å². The summed E-state index contributed by atoms with van der Waals surface area (Å²) < 4.78 is 0. The van der Waals surface area contributed by atoms with Crippen LogP contribution in [0, 0.1) is 0 Å². The summed E-state index contributed by atoms with van der Waals surface area (Å²) >= 11 is 0.505. The predicted octanol–water partition coefficient (Wildman–Crippen LogP) is -1.27. The van der Waals surface area contributed by atoms with E-state index in [0.29, 0.717) is 24.9 Å². The molecule has 0 spiro atoms. The number of thioether (sulfide) groups is 1. The molecule has 0 bridgehead atoms. The van der Waals surface area contributed by atoms with Gasteiger partial charge >= 0.3 is 11.8 Å². The first-order valence-electron chi connectivity index (χ1n) is 5.29. The average Bonchev–Trinajstić information content (AvgIpc) is 2.34. The number of hydrogen-bond donors (Lipinski definition) is 3. The first kappa shape index (κ1) is 14.3. The molecule has 18 heavy (non-hydrogen) atoms. The van der Waals surface area contributed by atoms with Gasteiger partial charge < -0.3 is 20.9 Å². The third kappa shape index (κ3) is 4.24. The number of nitrogens with one attached hydrogen (secondary N) is 3. The highest BCUT2D eigenvalue weighted by atomic mass is 32.2. The van der Waals surface area contributed by atoms with Gasteiger partial charge in [0.15, 0.2) is 0 Å². The van der Waals surface area contributed by atoms with E-state index < -0.39 is 22.3 Å². The van der Waals surface area contributed by atoms with Gasteiger partial charge in [-0.2, -0.15) is 0 Å². The van der Waals surface area contributed by atoms with Crippen LogP contribution in [0.3, 0.4) is 0 Å². The van der Waals surface area contributed by atoms with E-state index in [4.69, 9.17) is 0 Å². The number of nitrogens with zero attached hydrogens (tertiary/aromatic N) is 1. The summed E-state index contributed by atoms with van der Waals surface area (Å²) in [5, 5.41) is 6.23. The van der Waals surface area contributed by atoms with Gasteiger partial charge in [0.05, 0.1) is 0 Å². The number of carbonyl (C=O) groups is 4. The van der Waals surface area contributed by atoms with Crippen LogP contribution in [-0.2, 0) is 9.59 Å². The molecule has 9 heteroatoms. The average molecular weight is 274 g/mol. The smallest absolute Gasteiger partial charge is 0.312 e. The topological polar surface area (TPSA) is 108 Å². The third-order valence-corrected chi connectivity index (χ3v) is 2.91. The second-order valence-electron chi connectivity index (χ2n) is 3.40. The molecule has 0 aromatic rings. The normalized spacial score (nSPS) is 15.1. The van der Waals surface area contributed by atoms with E-state index in [9.17, 15) is 19.2 Å².